The van der Waals surface area contributed by atoms with Gasteiger partial charge < -0.3 is 5.11 Å². The Hall–Kier alpha value is -6.26. The van der Waals surface area contributed by atoms with Crippen molar-refractivity contribution in [3.05, 3.63) is 168 Å². The van der Waals surface area contributed by atoms with Crippen LogP contribution < -0.4 is 0 Å². The largest absolute Gasteiger partial charge is 0.507 e. The molecule has 0 aliphatic rings. The zero-order valence-corrected chi connectivity index (χ0v) is 35.1. The molecular weight excluding hydrogens is 707 g/mol. The molecule has 0 amide bonds. The van der Waals surface area contributed by atoms with Gasteiger partial charge in [-0.2, -0.15) is 0 Å². The molecule has 0 aliphatic heterocycles. The molecule has 0 unspecified atom stereocenters. The Morgan fingerprint density at radius 1 is 0.586 bits per heavy atom. The van der Waals surface area contributed by atoms with Gasteiger partial charge in [-0.25, -0.2) is 4.98 Å². The smallest absolute Gasteiger partial charge is 0.149 e. The number of imidazole rings is 1. The quantitative estimate of drug-likeness (QED) is 0.176. The Morgan fingerprint density at radius 2 is 1.24 bits per heavy atom. The zero-order chi connectivity index (χ0) is 41.9. The van der Waals surface area contributed by atoms with Crippen LogP contribution in [-0.4, -0.2) is 19.6 Å². The number of hydrogen-bond donors (Lipinski definition) is 1. The van der Waals surface area contributed by atoms with Gasteiger partial charge in [0.2, 0.25) is 0 Å². The maximum absolute atomic E-state index is 12.0. The van der Waals surface area contributed by atoms with E-state index in [9.17, 15) is 5.11 Å². The molecule has 8 aromatic rings. The van der Waals surface area contributed by atoms with Gasteiger partial charge in [0.25, 0.3) is 0 Å². The Kier molecular flexibility index (Phi) is 9.60. The molecule has 1 N–H and O–H groups in total. The van der Waals surface area contributed by atoms with Crippen molar-refractivity contribution < 1.29 is 6.48 Å². The third-order valence-corrected chi connectivity index (χ3v) is 11.3. The molecule has 0 saturated carbocycles. The maximum atomic E-state index is 12.0. The summed E-state index contributed by atoms with van der Waals surface area (Å²) < 4.78 is 11.2. The minimum absolute atomic E-state index is 0.144. The second-order valence-corrected chi connectivity index (χ2v) is 17.8. The number of aromatic nitrogens is 3. The zero-order valence-electron chi connectivity index (χ0n) is 36.1. The van der Waals surface area contributed by atoms with Gasteiger partial charge in [0.05, 0.1) is 28.0 Å². The van der Waals surface area contributed by atoms with E-state index >= 15 is 0 Å². The van der Waals surface area contributed by atoms with E-state index in [-0.39, 0.29) is 16.6 Å². The molecule has 0 saturated heterocycles. The summed E-state index contributed by atoms with van der Waals surface area (Å²) >= 11 is 0. The van der Waals surface area contributed by atoms with Crippen LogP contribution in [0.5, 0.6) is 5.75 Å². The van der Waals surface area contributed by atoms with E-state index in [1.165, 1.54) is 5.56 Å². The average Bonchev–Trinajstić information content (AvgIpc) is 3.60. The minimum Gasteiger partial charge on any atom is -0.507 e. The molecule has 8 rings (SSSR count). The van der Waals surface area contributed by atoms with Crippen LogP contribution in [0, 0.1) is 6.92 Å². The van der Waals surface area contributed by atoms with E-state index in [1.807, 2.05) is 39.1 Å². The van der Waals surface area contributed by atoms with Gasteiger partial charge in [0, 0.05) is 24.3 Å². The van der Waals surface area contributed by atoms with Gasteiger partial charge in [-0.1, -0.05) is 146 Å². The number of fused-ring (bicyclic) bond motifs is 1. The number of nitrogens with zero attached hydrogens (tertiary/aromatic N) is 3. The monoisotopic (exact) mass is 760 g/mol. The highest BCUT2D eigenvalue weighted by molar-refractivity contribution is 5.98. The number of aromatic hydroxyl groups is 1. The predicted octanol–water partition coefficient (Wildman–Crippen LogP) is 14.5. The molecule has 0 fully saturated rings. The normalized spacial score (nSPS) is 12.5. The van der Waals surface area contributed by atoms with Crippen molar-refractivity contribution in [1.82, 2.24) is 14.5 Å². The second kappa shape index (κ2) is 14.9. The van der Waals surface area contributed by atoms with Gasteiger partial charge in [-0.05, 0) is 117 Å². The highest BCUT2D eigenvalue weighted by atomic mass is 16.3. The molecule has 0 atom stereocenters. The molecule has 0 bridgehead atoms. The standard InChI is InChI=1S/C54H53N3O/c1-34(2)38-23-24-48(45(31-38)37-19-14-11-15-20-37)57-49-22-16-21-44(50(49)56-52(57)46-33-42(53(4,5)6)27-35(3)51(46)58)40-28-41(30-43(29-40)54(7,8)9)47-32-39(25-26-55-47)36-17-12-10-13-18-36/h10-34,58H,1-9H3/i34D. The molecular formula is C54H53N3O. The summed E-state index contributed by atoms with van der Waals surface area (Å²) in [4.78, 5) is 10.5. The van der Waals surface area contributed by atoms with E-state index in [0.29, 0.717) is 11.4 Å². The summed E-state index contributed by atoms with van der Waals surface area (Å²) in [6.07, 6.45) is 1.90. The molecule has 4 nitrogen and oxygen atoms in total. The number of benzene rings is 6. The van der Waals surface area contributed by atoms with Crippen LogP contribution in [-0.2, 0) is 10.8 Å². The molecule has 2 heterocycles. The Morgan fingerprint density at radius 3 is 1.91 bits per heavy atom. The maximum Gasteiger partial charge on any atom is 0.149 e. The highest BCUT2D eigenvalue weighted by Crippen LogP contribution is 2.44. The number of aryl methyl sites for hydroxylation is 1. The van der Waals surface area contributed by atoms with Crippen LogP contribution in [0.4, 0.5) is 0 Å². The van der Waals surface area contributed by atoms with E-state index in [4.69, 9.17) is 11.3 Å². The fourth-order valence-electron chi connectivity index (χ4n) is 7.79. The van der Waals surface area contributed by atoms with Gasteiger partial charge in [0.15, 0.2) is 0 Å². The Labute approximate surface area is 345 Å². The third-order valence-electron chi connectivity index (χ3n) is 11.3. The van der Waals surface area contributed by atoms with E-state index in [0.717, 1.165) is 78.0 Å². The first-order valence-electron chi connectivity index (χ1n) is 20.7. The molecule has 2 aromatic heterocycles. The average molecular weight is 761 g/mol. The lowest BCUT2D eigenvalue weighted by molar-refractivity contribution is 0.471. The van der Waals surface area contributed by atoms with Gasteiger partial charge in [-0.15, -0.1) is 0 Å². The molecule has 0 aliphatic carbocycles. The minimum atomic E-state index is -0.809. The lowest BCUT2D eigenvalue weighted by Gasteiger charge is -2.22. The van der Waals surface area contributed by atoms with Crippen molar-refractivity contribution in [2.24, 2.45) is 0 Å². The SMILES string of the molecule is [2H]C(C)(C)c1ccc(-n2c(-c3cc(C(C)(C)C)cc(C)c3O)nc3c(-c4cc(-c5cc(-c6ccccc6)ccn5)cc(C(C)(C)C)c4)cccc32)c(-c2ccccc2)c1. The Bertz CT molecular complexity index is 2830. The number of rotatable bonds is 7. The fourth-order valence-corrected chi connectivity index (χ4v) is 7.79. The van der Waals surface area contributed by atoms with Crippen molar-refractivity contribution in [3.63, 3.8) is 0 Å². The Balaban J connectivity index is 1.44. The molecule has 0 radical (unpaired) electrons. The first-order chi connectivity index (χ1) is 28.0. The summed E-state index contributed by atoms with van der Waals surface area (Å²) in [5, 5.41) is 12.0. The highest BCUT2D eigenvalue weighted by Gasteiger charge is 2.26. The van der Waals surface area contributed by atoms with Crippen molar-refractivity contribution in [3.8, 4) is 67.5 Å². The van der Waals surface area contributed by atoms with Gasteiger partial charge in [0.1, 0.15) is 11.6 Å². The second-order valence-electron chi connectivity index (χ2n) is 17.8. The van der Waals surface area contributed by atoms with Crippen molar-refractivity contribution in [1.29, 1.82) is 0 Å². The first kappa shape index (κ1) is 37.3. The summed E-state index contributed by atoms with van der Waals surface area (Å²) in [6.45, 7) is 19.1. The lowest BCUT2D eigenvalue weighted by Crippen LogP contribution is -2.12. The molecule has 6 aromatic carbocycles. The topological polar surface area (TPSA) is 50.9 Å². The summed E-state index contributed by atoms with van der Waals surface area (Å²) in [6, 6.07) is 48.7. The van der Waals surface area contributed by atoms with Crippen LogP contribution in [0.2, 0.25) is 0 Å². The van der Waals surface area contributed by atoms with E-state index in [2.05, 4.69) is 174 Å². The van der Waals surface area contributed by atoms with Crippen molar-refractivity contribution >= 4 is 11.0 Å². The molecule has 4 heteroatoms. The van der Waals surface area contributed by atoms with Crippen LogP contribution in [0.15, 0.2) is 146 Å². The van der Waals surface area contributed by atoms with Crippen molar-refractivity contribution in [2.45, 2.75) is 79.0 Å². The van der Waals surface area contributed by atoms with E-state index in [1.54, 1.807) is 0 Å². The summed E-state index contributed by atoms with van der Waals surface area (Å²) in [5.41, 5.74) is 15.3. The van der Waals surface area contributed by atoms with Crippen LogP contribution in [0.1, 0.15) is 84.9 Å². The number of para-hydroxylation sites is 1. The summed E-state index contributed by atoms with van der Waals surface area (Å²) in [7, 11) is 0. The predicted molar refractivity (Wildman–Crippen MR) is 244 cm³/mol. The number of hydrogen-bond acceptors (Lipinski definition) is 3. The van der Waals surface area contributed by atoms with Crippen LogP contribution in [0.25, 0.3) is 72.7 Å². The van der Waals surface area contributed by atoms with Crippen LogP contribution in [0.3, 0.4) is 0 Å². The number of phenolic OH excluding ortho intramolecular Hbond substituents is 1. The number of pyridine rings is 1. The third kappa shape index (κ3) is 7.36. The van der Waals surface area contributed by atoms with E-state index < -0.39 is 5.89 Å². The fraction of sp³-hybridized carbons (Fsp3) is 0.222. The van der Waals surface area contributed by atoms with Gasteiger partial charge in [-0.3, -0.25) is 9.55 Å². The molecule has 0 spiro atoms. The van der Waals surface area contributed by atoms with Crippen LogP contribution >= 0.6 is 0 Å². The van der Waals surface area contributed by atoms with Crippen molar-refractivity contribution in [2.75, 3.05) is 0 Å². The molecule has 290 valence electrons. The summed E-state index contributed by atoms with van der Waals surface area (Å²) in [5.74, 6) is 0.0535. The van der Waals surface area contributed by atoms with Gasteiger partial charge >= 0.3 is 0 Å². The number of phenols is 1. The lowest BCUT2D eigenvalue weighted by atomic mass is 9.83. The molecule has 58 heavy (non-hydrogen) atoms. The first-order valence-corrected chi connectivity index (χ1v) is 20.2.